The minimum Gasteiger partial charge on any atom is -0.462 e. The highest BCUT2D eigenvalue weighted by atomic mass is 31.2. The van der Waals surface area contributed by atoms with E-state index in [1.165, 1.54) is 128 Å². The van der Waals surface area contributed by atoms with Gasteiger partial charge >= 0.3 is 20.5 Å². The second-order valence-electron chi connectivity index (χ2n) is 24.1. The van der Waals surface area contributed by atoms with Crippen molar-refractivity contribution in [1.29, 1.82) is 0 Å². The second kappa shape index (κ2) is 47.2. The monoisotopic (exact) mass is 1230 g/mol. The number of rotatable bonds is 51. The van der Waals surface area contributed by atoms with Gasteiger partial charge in [-0.2, -0.15) is 0 Å². The van der Waals surface area contributed by atoms with Gasteiger partial charge in [0, 0.05) is 19.3 Å². The molecule has 6 rings (SSSR count). The fraction of sp³-hybridized carbons (Fsp3) is 0.579. The zero-order chi connectivity index (χ0) is 61.6. The molecule has 1 aliphatic rings. The highest BCUT2D eigenvalue weighted by molar-refractivity contribution is 7.41. The van der Waals surface area contributed by atoms with E-state index in [4.69, 9.17) is 42.0 Å². The fourth-order valence-corrected chi connectivity index (χ4v) is 12.5. The van der Waals surface area contributed by atoms with Crippen molar-refractivity contribution >= 4 is 20.5 Å². The molecule has 0 radical (unpaired) electrons. The van der Waals surface area contributed by atoms with Gasteiger partial charge in [0.25, 0.3) is 0 Å². The Morgan fingerprint density at radius 2 is 0.693 bits per heavy atom. The Kier molecular flexibility index (Phi) is 38.7. The minimum absolute atomic E-state index is 0.147. The summed E-state index contributed by atoms with van der Waals surface area (Å²) in [6, 6.07) is 50.3. The van der Waals surface area contributed by atoms with Crippen molar-refractivity contribution in [3.05, 3.63) is 179 Å². The van der Waals surface area contributed by atoms with Gasteiger partial charge < -0.3 is 42.0 Å². The van der Waals surface area contributed by atoms with E-state index in [2.05, 4.69) is 26.0 Å². The summed E-state index contributed by atoms with van der Waals surface area (Å²) < 4.78 is 60.9. The number of carbonyl (C=O) groups excluding carboxylic acids is 2. The molecule has 1 aliphatic carbocycles. The number of esters is 2. The first kappa shape index (κ1) is 72.3. The number of benzene rings is 5. The molecule has 0 spiro atoms. The smallest absolute Gasteiger partial charge is 0.333 e. The Labute approximate surface area is 532 Å². The van der Waals surface area contributed by atoms with Crippen molar-refractivity contribution in [1.82, 2.24) is 0 Å². The number of carbonyl (C=O) groups is 2. The molecule has 0 N–H and O–H groups in total. The van der Waals surface area contributed by atoms with E-state index < -0.39 is 45.2 Å². The topological polar surface area (TPSA) is 117 Å². The van der Waals surface area contributed by atoms with Gasteiger partial charge in [0.15, 0.2) is 6.10 Å². The highest BCUT2D eigenvalue weighted by Crippen LogP contribution is 2.47. The van der Waals surface area contributed by atoms with E-state index in [9.17, 15) is 9.59 Å². The summed E-state index contributed by atoms with van der Waals surface area (Å²) in [5.41, 5.74) is 4.92. The van der Waals surface area contributed by atoms with E-state index in [-0.39, 0.29) is 44.8 Å². The van der Waals surface area contributed by atoms with Crippen LogP contribution in [-0.2, 0) is 84.6 Å². The standard InChI is InChI=1S/C76H109O11P/c1-3-5-7-9-11-13-15-17-19-21-23-25-42-54-72(77)81-62-69(86-73(78)55-43-26-24-22-20-18-16-14-12-10-8-6-4-2)63-85-88(84-61-68-52-40-31-41-53-68)87-75-71(80-58-65-46-34-28-35-47-65)56-70(79-57-64-44-32-27-33-45-64)74(82-59-66-48-36-29-37-49-66)76(75)83-60-67-50-38-30-39-51-67/h27-41,44-53,69-71,74-76H,3-26,42-43,54-63H2,1-2H3/t69-,70-,71-,74+,75-,76-,88?/m1/s1. The quantitative estimate of drug-likeness (QED) is 0.0210. The summed E-state index contributed by atoms with van der Waals surface area (Å²) in [5, 5.41) is 0. The molecule has 1 fully saturated rings. The molecule has 5 aromatic rings. The van der Waals surface area contributed by atoms with Gasteiger partial charge in [0.05, 0.1) is 51.8 Å². The van der Waals surface area contributed by atoms with Crippen LogP contribution < -0.4 is 0 Å². The summed E-state index contributed by atoms with van der Waals surface area (Å²) in [4.78, 5) is 27.2. The van der Waals surface area contributed by atoms with E-state index in [0.29, 0.717) is 32.7 Å². The first-order valence-corrected chi connectivity index (χ1v) is 35.3. The molecule has 0 saturated heterocycles. The molecule has 0 aliphatic heterocycles. The maximum absolute atomic E-state index is 13.8. The summed E-state index contributed by atoms with van der Waals surface area (Å²) in [5.74, 6) is -0.667. The zero-order valence-corrected chi connectivity index (χ0v) is 54.7. The maximum Gasteiger partial charge on any atom is 0.333 e. The molecule has 0 bridgehead atoms. The summed E-state index contributed by atoms with van der Waals surface area (Å²) in [6.45, 7) is 5.58. The largest absolute Gasteiger partial charge is 0.462 e. The third-order valence-electron chi connectivity index (χ3n) is 16.5. The van der Waals surface area contributed by atoms with Crippen LogP contribution in [0.25, 0.3) is 0 Å². The van der Waals surface area contributed by atoms with Crippen LogP contribution >= 0.6 is 8.60 Å². The lowest BCUT2D eigenvalue weighted by atomic mass is 9.86. The Morgan fingerprint density at radius 3 is 1.09 bits per heavy atom. The molecule has 11 nitrogen and oxygen atoms in total. The van der Waals surface area contributed by atoms with Crippen LogP contribution in [0, 0.1) is 0 Å². The van der Waals surface area contributed by atoms with Crippen LogP contribution in [0.1, 0.15) is 228 Å². The van der Waals surface area contributed by atoms with Crippen LogP contribution in [0.4, 0.5) is 0 Å². The fourth-order valence-electron chi connectivity index (χ4n) is 11.3. The number of unbranched alkanes of at least 4 members (excludes halogenated alkanes) is 24. The maximum atomic E-state index is 13.8. The third kappa shape index (κ3) is 31.8. The van der Waals surface area contributed by atoms with Crippen molar-refractivity contribution in [2.24, 2.45) is 0 Å². The van der Waals surface area contributed by atoms with Gasteiger partial charge in [-0.1, -0.05) is 320 Å². The summed E-state index contributed by atoms with van der Waals surface area (Å²) in [7, 11) is -2.24. The van der Waals surface area contributed by atoms with Crippen LogP contribution in [0.3, 0.4) is 0 Å². The molecule has 0 amide bonds. The molecule has 1 unspecified atom stereocenters. The lowest BCUT2D eigenvalue weighted by Crippen LogP contribution is -2.59. The second-order valence-corrected chi connectivity index (χ2v) is 25.2. The van der Waals surface area contributed by atoms with Gasteiger partial charge in [0.2, 0.25) is 0 Å². The highest BCUT2D eigenvalue weighted by Gasteiger charge is 2.50. The molecule has 12 heteroatoms. The first-order valence-electron chi connectivity index (χ1n) is 34.2. The van der Waals surface area contributed by atoms with E-state index in [1.54, 1.807) is 0 Å². The van der Waals surface area contributed by atoms with Crippen molar-refractivity contribution < 1.29 is 51.6 Å². The van der Waals surface area contributed by atoms with Crippen molar-refractivity contribution in [2.45, 2.75) is 270 Å². The van der Waals surface area contributed by atoms with Crippen molar-refractivity contribution in [2.75, 3.05) is 13.2 Å². The van der Waals surface area contributed by atoms with Crippen LogP contribution in [0.5, 0.6) is 0 Å². The van der Waals surface area contributed by atoms with Gasteiger partial charge in [-0.3, -0.25) is 9.59 Å². The average Bonchev–Trinajstić information content (AvgIpc) is 3.06. The normalized spacial score (nSPS) is 17.4. The Balaban J connectivity index is 1.18. The van der Waals surface area contributed by atoms with E-state index in [0.717, 1.165) is 66.3 Å². The molecule has 5 aromatic carbocycles. The predicted molar refractivity (Wildman–Crippen MR) is 355 cm³/mol. The lowest BCUT2D eigenvalue weighted by molar-refractivity contribution is -0.233. The van der Waals surface area contributed by atoms with Crippen LogP contribution in [0.15, 0.2) is 152 Å². The van der Waals surface area contributed by atoms with Crippen LogP contribution in [0.2, 0.25) is 0 Å². The third-order valence-corrected chi connectivity index (χ3v) is 17.6. The van der Waals surface area contributed by atoms with Gasteiger partial charge in [-0.25, -0.2) is 0 Å². The molecule has 484 valence electrons. The molecule has 7 atom stereocenters. The van der Waals surface area contributed by atoms with Gasteiger partial charge in [0.1, 0.15) is 24.9 Å². The van der Waals surface area contributed by atoms with Crippen molar-refractivity contribution in [3.63, 3.8) is 0 Å². The molecular weight excluding hydrogens is 1120 g/mol. The number of hydrogen-bond donors (Lipinski definition) is 0. The van der Waals surface area contributed by atoms with Crippen LogP contribution in [-0.4, -0.2) is 61.8 Å². The molecule has 88 heavy (non-hydrogen) atoms. The predicted octanol–water partition coefficient (Wildman–Crippen LogP) is 20.0. The first-order chi connectivity index (χ1) is 43.5. The Morgan fingerprint density at radius 1 is 0.364 bits per heavy atom. The van der Waals surface area contributed by atoms with Gasteiger partial charge in [-0.15, -0.1) is 0 Å². The molecule has 0 heterocycles. The number of hydrogen-bond acceptors (Lipinski definition) is 11. The summed E-state index contributed by atoms with van der Waals surface area (Å²) >= 11 is 0. The SMILES string of the molecule is CCCCCCCCCCCCCCCC(=O)OC[C@H](COP(OCc1ccccc1)O[C@H]1[C@H](OCc2ccccc2)[C@@H](OCc2ccccc2)[C@H](OCc2ccccc2)C[C@H]1OCc1ccccc1)OC(=O)CCCCCCCCCCCCCCC. The lowest BCUT2D eigenvalue weighted by Gasteiger charge is -2.46. The summed E-state index contributed by atoms with van der Waals surface area (Å²) in [6.07, 6.45) is 28.3. The molecular formula is C76H109O11P. The zero-order valence-electron chi connectivity index (χ0n) is 53.8. The molecule has 1 saturated carbocycles. The van der Waals surface area contributed by atoms with E-state index >= 15 is 0 Å². The Bertz CT molecular complexity index is 2450. The average molecular weight is 1230 g/mol. The van der Waals surface area contributed by atoms with E-state index in [1.807, 2.05) is 140 Å². The van der Waals surface area contributed by atoms with Crippen molar-refractivity contribution in [3.8, 4) is 0 Å². The molecule has 0 aromatic heterocycles. The Hall–Kier alpha value is -4.81. The minimum atomic E-state index is -2.24. The number of ether oxygens (including phenoxy) is 6. The van der Waals surface area contributed by atoms with Gasteiger partial charge in [-0.05, 0) is 40.7 Å².